The fourth-order valence-corrected chi connectivity index (χ4v) is 12.1. The quantitative estimate of drug-likeness (QED) is 0.0457. The fourth-order valence-electron chi connectivity index (χ4n) is 11.0. The predicted octanol–water partition coefficient (Wildman–Crippen LogP) is 7.46. The Morgan fingerprint density at radius 3 is 2.37 bits per heavy atom. The van der Waals surface area contributed by atoms with Gasteiger partial charge in [-0.05, 0) is 116 Å². The number of nitrogens with two attached hydrogens (primary N) is 2. The number of benzene rings is 3. The van der Waals surface area contributed by atoms with Crippen molar-refractivity contribution in [3.63, 3.8) is 0 Å². The van der Waals surface area contributed by atoms with Crippen LogP contribution in [0, 0.1) is 29.6 Å². The zero-order valence-electron chi connectivity index (χ0n) is 34.4. The van der Waals surface area contributed by atoms with Crippen molar-refractivity contribution in [2.45, 2.75) is 131 Å². The topological polar surface area (TPSA) is 198 Å². The molecule has 1 saturated heterocycles. The largest absolute Gasteiger partial charge is 0.508 e. The first-order valence-corrected chi connectivity index (χ1v) is 23.2. The van der Waals surface area contributed by atoms with Gasteiger partial charge in [0.2, 0.25) is 5.72 Å². The molecule has 8 bridgehead atoms. The Morgan fingerprint density at radius 1 is 0.950 bits per heavy atom. The normalized spacial score (nSPS) is 31.0. The Hall–Kier alpha value is -4.38. The summed E-state index contributed by atoms with van der Waals surface area (Å²) in [5.41, 5.74) is 15.0. The summed E-state index contributed by atoms with van der Waals surface area (Å²) in [6, 6.07) is 20.6. The summed E-state index contributed by atoms with van der Waals surface area (Å²) in [7, 11) is -4.62. The van der Waals surface area contributed by atoms with E-state index in [1.165, 1.54) is 0 Å². The van der Waals surface area contributed by atoms with Crippen molar-refractivity contribution in [1.29, 1.82) is 0 Å². The standard InChI is InChI=1S/C48H59N3O8S/c1-2-31-28-43(60(55,56)57)42-27-36-24-35(26-40-23-30(29-52)7-6-8-34-25-38(53)15-18-41(34)45(36)58-40)44(42)33-9-13-37(14-10-33)48(51-46(49)50,59-39-16-11-32(31)12-17-39)22-21-47(54)19-4-3-5-20-47/h9-18,25,27,30-31,35,40,42-45,52-54H,2-5,7,19-24,26,28-29H2,1H3,(H4,49,50,51)(H,55,56,57)/t30-,31-,35+,40+,42+,43-,44+,45-,48-/m1/s1. The molecule has 3 aromatic rings. The lowest BCUT2D eigenvalue weighted by atomic mass is 9.65. The molecular weight excluding hydrogens is 779 g/mol. The van der Waals surface area contributed by atoms with Gasteiger partial charge in [0.05, 0.1) is 17.0 Å². The molecule has 0 unspecified atom stereocenters. The van der Waals surface area contributed by atoms with Crippen LogP contribution in [0.2, 0.25) is 0 Å². The molecule has 2 aliphatic carbocycles. The number of aliphatic hydroxyl groups is 2. The van der Waals surface area contributed by atoms with Gasteiger partial charge >= 0.3 is 0 Å². The molecule has 8 aliphatic rings. The maximum absolute atomic E-state index is 13.9. The highest BCUT2D eigenvalue weighted by Crippen LogP contribution is 2.54. The second-order valence-electron chi connectivity index (χ2n) is 18.0. The van der Waals surface area contributed by atoms with E-state index in [-0.39, 0.29) is 54.5 Å². The third-order valence-electron chi connectivity index (χ3n) is 14.1. The van der Waals surface area contributed by atoms with E-state index in [0.717, 1.165) is 41.5 Å². The molecule has 8 N–H and O–H groups in total. The number of guanidine groups is 1. The van der Waals surface area contributed by atoms with Crippen LogP contribution < -0.4 is 16.2 Å². The zero-order valence-corrected chi connectivity index (χ0v) is 35.2. The number of aromatic hydroxyl groups is 1. The van der Waals surface area contributed by atoms with Crippen molar-refractivity contribution in [3.8, 4) is 23.3 Å². The number of fused-ring (bicyclic) bond motifs is 7. The van der Waals surface area contributed by atoms with Gasteiger partial charge in [0.15, 0.2) is 5.96 Å². The van der Waals surface area contributed by atoms with Crippen molar-refractivity contribution in [1.82, 2.24) is 0 Å². The van der Waals surface area contributed by atoms with Crippen LogP contribution in [-0.4, -0.2) is 57.8 Å². The molecule has 0 aromatic heterocycles. The van der Waals surface area contributed by atoms with Crippen molar-refractivity contribution >= 4 is 16.1 Å². The molecule has 320 valence electrons. The van der Waals surface area contributed by atoms with Gasteiger partial charge in [0.1, 0.15) is 17.6 Å². The second-order valence-corrected chi connectivity index (χ2v) is 19.7. The summed E-state index contributed by atoms with van der Waals surface area (Å²) in [4.78, 5) is 4.80. The molecule has 6 aliphatic heterocycles. The molecule has 9 atom stereocenters. The maximum atomic E-state index is 13.9. The number of rotatable bonds is 7. The number of aliphatic imine (C=N–C) groups is 1. The van der Waals surface area contributed by atoms with Gasteiger partial charge in [0.25, 0.3) is 10.1 Å². The number of phenolic OH excluding ortho intramolecular Hbond substituents is 1. The molecule has 11 nitrogen and oxygen atoms in total. The highest BCUT2D eigenvalue weighted by molar-refractivity contribution is 7.86. The van der Waals surface area contributed by atoms with Crippen LogP contribution in [0.15, 0.2) is 83.4 Å². The van der Waals surface area contributed by atoms with E-state index >= 15 is 0 Å². The lowest BCUT2D eigenvalue weighted by molar-refractivity contribution is -0.0311. The Balaban J connectivity index is 1.31. The van der Waals surface area contributed by atoms with Crippen molar-refractivity contribution in [2.75, 3.05) is 6.61 Å². The minimum absolute atomic E-state index is 0.0614. The zero-order chi connectivity index (χ0) is 42.2. The van der Waals surface area contributed by atoms with E-state index < -0.39 is 38.7 Å². The van der Waals surface area contributed by atoms with E-state index in [4.69, 9.17) is 25.9 Å². The number of allylic oxidation sites excluding steroid dienone is 1. The van der Waals surface area contributed by atoms with Crippen molar-refractivity contribution in [2.24, 2.45) is 34.2 Å². The number of hydrogen-bond acceptors (Lipinski definition) is 8. The molecule has 11 rings (SSSR count). The van der Waals surface area contributed by atoms with Crippen LogP contribution in [-0.2, 0) is 20.6 Å². The molecule has 2 fully saturated rings. The number of aliphatic hydroxyl groups excluding tert-OH is 1. The smallest absolute Gasteiger partial charge is 0.268 e. The summed E-state index contributed by atoms with van der Waals surface area (Å²) in [5, 5.41) is 31.5. The molecule has 60 heavy (non-hydrogen) atoms. The number of phenols is 1. The molecule has 6 heterocycles. The molecule has 0 amide bonds. The van der Waals surface area contributed by atoms with Crippen LogP contribution in [0.1, 0.15) is 136 Å². The van der Waals surface area contributed by atoms with E-state index in [9.17, 15) is 28.3 Å². The fraction of sp³-hybridized carbons (Fsp3) is 0.521. The first kappa shape index (κ1) is 42.3. The molecular formula is C48H59N3O8S. The average Bonchev–Trinajstić information content (AvgIpc) is 3.35. The summed E-state index contributed by atoms with van der Waals surface area (Å²) in [5.74, 6) is 5.46. The number of ether oxygens (including phenoxy) is 2. The van der Waals surface area contributed by atoms with Gasteiger partial charge in [-0.1, -0.05) is 86.6 Å². The Labute approximate surface area is 354 Å². The van der Waals surface area contributed by atoms with Crippen molar-refractivity contribution < 1.29 is 37.8 Å². The summed E-state index contributed by atoms with van der Waals surface area (Å²) < 4.78 is 53.1. The predicted molar refractivity (Wildman–Crippen MR) is 231 cm³/mol. The third kappa shape index (κ3) is 8.84. The molecule has 12 heteroatoms. The highest BCUT2D eigenvalue weighted by Gasteiger charge is 2.48. The average molecular weight is 838 g/mol. The van der Waals surface area contributed by atoms with Gasteiger partial charge in [-0.25, -0.2) is 4.99 Å². The monoisotopic (exact) mass is 837 g/mol. The third-order valence-corrected chi connectivity index (χ3v) is 15.3. The number of hydrogen-bond donors (Lipinski definition) is 6. The van der Waals surface area contributed by atoms with Crippen LogP contribution >= 0.6 is 0 Å². The molecule has 0 spiro atoms. The van der Waals surface area contributed by atoms with Crippen LogP contribution in [0.25, 0.3) is 0 Å². The van der Waals surface area contributed by atoms with Gasteiger partial charge in [-0.2, -0.15) is 8.42 Å². The summed E-state index contributed by atoms with van der Waals surface area (Å²) in [6.45, 7) is 1.97. The molecule has 3 aromatic carbocycles. The van der Waals surface area contributed by atoms with E-state index in [2.05, 4.69) is 11.8 Å². The first-order chi connectivity index (χ1) is 28.8. The van der Waals surface area contributed by atoms with E-state index in [0.29, 0.717) is 74.7 Å². The lowest BCUT2D eigenvalue weighted by Gasteiger charge is -2.41. The van der Waals surface area contributed by atoms with E-state index in [1.54, 1.807) is 12.1 Å². The highest BCUT2D eigenvalue weighted by atomic mass is 32.2. The van der Waals surface area contributed by atoms with E-state index in [1.807, 2.05) is 67.6 Å². The SMILES string of the molecule is CC[C@@H]1C[C@@H](S(=O)(=O)O)[C@@H]2C=C3C[C@@H](C[C@@H]4C[C@H](CO)CC#Cc5cc(O)ccc5[C@@H]3O4)[C@@H]2c2ccc(cc2)[C@](CCC2(O)CCCCC2)(N=C(N)N)Oc2ccc1cc2. The lowest BCUT2D eigenvalue weighted by Crippen LogP contribution is -2.40. The minimum atomic E-state index is -4.62. The van der Waals surface area contributed by atoms with Gasteiger partial charge in [0, 0.05) is 42.1 Å². The first-order valence-electron chi connectivity index (χ1n) is 21.7. The molecule has 1 saturated carbocycles. The Morgan fingerprint density at radius 2 is 1.68 bits per heavy atom. The summed E-state index contributed by atoms with van der Waals surface area (Å²) in [6.07, 6.45) is 9.30. The minimum Gasteiger partial charge on any atom is -0.508 e. The van der Waals surface area contributed by atoms with Crippen LogP contribution in [0.5, 0.6) is 11.5 Å². The van der Waals surface area contributed by atoms with Crippen molar-refractivity contribution in [3.05, 3.63) is 106 Å². The second kappa shape index (κ2) is 17.2. The number of nitrogens with zero attached hydrogens (tertiary/aromatic N) is 1. The van der Waals surface area contributed by atoms with Crippen LogP contribution in [0.4, 0.5) is 0 Å². The van der Waals surface area contributed by atoms with Crippen LogP contribution in [0.3, 0.4) is 0 Å². The molecule has 0 radical (unpaired) electrons. The van der Waals surface area contributed by atoms with Gasteiger partial charge in [-0.3, -0.25) is 4.55 Å². The Kier molecular flexibility index (Phi) is 12.1. The maximum Gasteiger partial charge on any atom is 0.268 e. The Bertz CT molecular complexity index is 2260. The summed E-state index contributed by atoms with van der Waals surface area (Å²) >= 11 is 0. The van der Waals surface area contributed by atoms with Gasteiger partial charge < -0.3 is 36.3 Å². The van der Waals surface area contributed by atoms with Gasteiger partial charge in [-0.15, -0.1) is 0 Å².